The van der Waals surface area contributed by atoms with Crippen LogP contribution in [0.15, 0.2) is 47.9 Å². The number of nitrogens with two attached hydrogens (primary N) is 1. The van der Waals surface area contributed by atoms with Crippen molar-refractivity contribution in [3.05, 3.63) is 70.3 Å². The highest BCUT2D eigenvalue weighted by Crippen LogP contribution is 2.41. The predicted molar refractivity (Wildman–Crippen MR) is 114 cm³/mol. The number of nitrogens with zero attached hydrogens (tertiary/aromatic N) is 2. The van der Waals surface area contributed by atoms with Crippen LogP contribution in [0.25, 0.3) is 17.0 Å². The van der Waals surface area contributed by atoms with E-state index in [1.807, 2.05) is 29.2 Å². The summed E-state index contributed by atoms with van der Waals surface area (Å²) in [7, 11) is 0. The van der Waals surface area contributed by atoms with Crippen LogP contribution in [0.5, 0.6) is 0 Å². The molecule has 1 aromatic heterocycles. The number of carbonyl (C=O) groups is 1. The average Bonchev–Trinajstić information content (AvgIpc) is 3.48. The van der Waals surface area contributed by atoms with Crippen molar-refractivity contribution in [2.24, 2.45) is 11.7 Å². The van der Waals surface area contributed by atoms with Crippen molar-refractivity contribution in [3.63, 3.8) is 0 Å². The number of aromatic carboxylic acids is 1. The first-order valence-corrected chi connectivity index (χ1v) is 10.0. The maximum Gasteiger partial charge on any atom is 0.341 e. The summed E-state index contributed by atoms with van der Waals surface area (Å²) in [5, 5.41) is 9.56. The smallest absolute Gasteiger partial charge is 0.341 e. The zero-order chi connectivity index (χ0) is 21.2. The molecule has 2 unspecified atom stereocenters. The topological polar surface area (TPSA) is 88.6 Å². The minimum Gasteiger partial charge on any atom is -0.477 e. The summed E-state index contributed by atoms with van der Waals surface area (Å²) in [6.07, 6.45) is 12.3. The number of aromatic nitrogens is 1. The Bertz CT molecular complexity index is 1220. The normalized spacial score (nSPS) is 25.0. The third-order valence-corrected chi connectivity index (χ3v) is 6.43. The Hall–Kier alpha value is -3.19. The van der Waals surface area contributed by atoms with Gasteiger partial charge in [0.1, 0.15) is 5.56 Å². The lowest BCUT2D eigenvalue weighted by molar-refractivity contribution is 0.0695. The Morgan fingerprint density at radius 2 is 2.13 bits per heavy atom. The molecule has 6 nitrogen and oxygen atoms in total. The number of benzene rings is 1. The first kappa shape index (κ1) is 18.8. The van der Waals surface area contributed by atoms with E-state index in [9.17, 15) is 14.7 Å². The van der Waals surface area contributed by atoms with E-state index in [1.54, 1.807) is 10.6 Å². The van der Waals surface area contributed by atoms with Crippen LogP contribution in [0.2, 0.25) is 0 Å². The molecule has 0 amide bonds. The van der Waals surface area contributed by atoms with Crippen molar-refractivity contribution < 1.29 is 14.3 Å². The van der Waals surface area contributed by atoms with Crippen molar-refractivity contribution in [1.29, 1.82) is 0 Å². The van der Waals surface area contributed by atoms with Gasteiger partial charge in [0.25, 0.3) is 0 Å². The lowest BCUT2D eigenvalue weighted by Crippen LogP contribution is -2.46. The summed E-state index contributed by atoms with van der Waals surface area (Å²) >= 11 is 0. The van der Waals surface area contributed by atoms with Crippen LogP contribution in [0, 0.1) is 11.7 Å². The van der Waals surface area contributed by atoms with Gasteiger partial charge in [0.15, 0.2) is 5.82 Å². The molecule has 5 rings (SSSR count). The van der Waals surface area contributed by atoms with Crippen LogP contribution < -0.4 is 16.1 Å². The molecule has 2 aliphatic carbocycles. The number of fused-ring (bicyclic) bond motifs is 2. The monoisotopic (exact) mass is 407 g/mol. The number of hydrogen-bond donors (Lipinski definition) is 2. The molecule has 1 saturated heterocycles. The van der Waals surface area contributed by atoms with Gasteiger partial charge in [-0.25, -0.2) is 9.18 Å². The number of rotatable bonds is 4. The third-order valence-electron chi connectivity index (χ3n) is 6.43. The molecule has 2 fully saturated rings. The molecule has 0 spiro atoms. The van der Waals surface area contributed by atoms with E-state index in [0.29, 0.717) is 24.3 Å². The fraction of sp³-hybridized carbons (Fsp3) is 0.304. The largest absolute Gasteiger partial charge is 0.477 e. The zero-order valence-corrected chi connectivity index (χ0v) is 16.3. The standard InChI is InChI=1S/C23H22FN3O3/c1-2-15-19-17(27(14-6-7-14)11-16(21(19)28)22(29)30)9-18(20(15)24)26-10-13-5-3-4-8-23(13,25)12-26/h2-5,8-9,11,13-14H,1,6-7,10,12,25H2,(H,29,30). The van der Waals surface area contributed by atoms with Crippen LogP contribution in [0.4, 0.5) is 10.1 Å². The predicted octanol–water partition coefficient (Wildman–Crippen LogP) is 3.08. The maximum atomic E-state index is 15.6. The first-order valence-electron chi connectivity index (χ1n) is 10.0. The quantitative estimate of drug-likeness (QED) is 0.813. The number of halogens is 1. The van der Waals surface area contributed by atoms with E-state index in [0.717, 1.165) is 12.8 Å². The van der Waals surface area contributed by atoms with E-state index in [2.05, 4.69) is 6.58 Å². The molecular formula is C23H22FN3O3. The fourth-order valence-corrected chi connectivity index (χ4v) is 4.68. The minimum absolute atomic E-state index is 0.0389. The molecule has 1 aromatic carbocycles. The average molecular weight is 407 g/mol. The van der Waals surface area contributed by atoms with Gasteiger partial charge in [0.05, 0.1) is 22.1 Å². The van der Waals surface area contributed by atoms with Crippen LogP contribution in [-0.2, 0) is 0 Å². The lowest BCUT2D eigenvalue weighted by Gasteiger charge is -2.27. The second kappa shape index (κ2) is 6.40. The number of carboxylic acid groups (broad SMARTS) is 1. The molecule has 2 atom stereocenters. The Labute approximate surface area is 172 Å². The van der Waals surface area contributed by atoms with Gasteiger partial charge in [-0.1, -0.05) is 37.0 Å². The number of pyridine rings is 1. The van der Waals surface area contributed by atoms with E-state index in [1.165, 1.54) is 12.3 Å². The second-order valence-corrected chi connectivity index (χ2v) is 8.38. The van der Waals surface area contributed by atoms with Crippen molar-refractivity contribution in [2.45, 2.75) is 24.4 Å². The van der Waals surface area contributed by atoms with Crippen LogP contribution in [0.3, 0.4) is 0 Å². The Balaban J connectivity index is 1.76. The van der Waals surface area contributed by atoms with Gasteiger partial charge < -0.3 is 20.3 Å². The summed E-state index contributed by atoms with van der Waals surface area (Å²) in [6.45, 7) is 4.70. The van der Waals surface area contributed by atoms with Gasteiger partial charge in [-0.2, -0.15) is 0 Å². The van der Waals surface area contributed by atoms with Crippen LogP contribution >= 0.6 is 0 Å². The van der Waals surface area contributed by atoms with Gasteiger partial charge >= 0.3 is 5.97 Å². The SMILES string of the molecule is C=Cc1c(F)c(N2CC3C=CC=CC3(N)C2)cc2c1c(=O)c(C(=O)O)cn2C1CC1. The highest BCUT2D eigenvalue weighted by atomic mass is 19.1. The molecule has 7 heteroatoms. The van der Waals surface area contributed by atoms with E-state index >= 15 is 4.39 Å². The molecule has 154 valence electrons. The van der Waals surface area contributed by atoms with Crippen LogP contribution in [-0.4, -0.2) is 34.3 Å². The molecule has 2 aromatic rings. The summed E-state index contributed by atoms with van der Waals surface area (Å²) in [4.78, 5) is 26.5. The van der Waals surface area contributed by atoms with E-state index in [4.69, 9.17) is 5.73 Å². The first-order chi connectivity index (χ1) is 14.3. The van der Waals surface area contributed by atoms with Gasteiger partial charge in [0.2, 0.25) is 5.43 Å². The molecule has 2 heterocycles. The van der Waals surface area contributed by atoms with Crippen LogP contribution in [0.1, 0.15) is 34.8 Å². The number of anilines is 1. The molecule has 1 saturated carbocycles. The Morgan fingerprint density at radius 1 is 1.37 bits per heavy atom. The molecular weight excluding hydrogens is 385 g/mol. The molecule has 0 bridgehead atoms. The molecule has 3 N–H and O–H groups in total. The Morgan fingerprint density at radius 3 is 2.77 bits per heavy atom. The minimum atomic E-state index is -1.32. The summed E-state index contributed by atoms with van der Waals surface area (Å²) < 4.78 is 17.4. The summed E-state index contributed by atoms with van der Waals surface area (Å²) in [5.74, 6) is -1.83. The maximum absolute atomic E-state index is 15.6. The highest BCUT2D eigenvalue weighted by Gasteiger charge is 2.42. The number of hydrogen-bond acceptors (Lipinski definition) is 4. The summed E-state index contributed by atoms with van der Waals surface area (Å²) in [5.41, 5.74) is 5.86. The summed E-state index contributed by atoms with van der Waals surface area (Å²) in [6, 6.07) is 1.77. The molecule has 30 heavy (non-hydrogen) atoms. The highest BCUT2D eigenvalue weighted by molar-refractivity contribution is 5.97. The van der Waals surface area contributed by atoms with Gasteiger partial charge in [-0.05, 0) is 18.9 Å². The number of carboxylic acids is 1. The van der Waals surface area contributed by atoms with Crippen molar-refractivity contribution >= 4 is 28.6 Å². The van der Waals surface area contributed by atoms with E-state index < -0.39 is 22.8 Å². The van der Waals surface area contributed by atoms with Gasteiger partial charge in [-0.15, -0.1) is 0 Å². The fourth-order valence-electron chi connectivity index (χ4n) is 4.68. The van der Waals surface area contributed by atoms with Gasteiger partial charge in [-0.3, -0.25) is 4.79 Å². The zero-order valence-electron chi connectivity index (χ0n) is 16.3. The van der Waals surface area contributed by atoms with Crippen molar-refractivity contribution in [3.8, 4) is 0 Å². The van der Waals surface area contributed by atoms with Crippen molar-refractivity contribution in [1.82, 2.24) is 4.57 Å². The molecule has 0 radical (unpaired) electrons. The van der Waals surface area contributed by atoms with Crippen molar-refractivity contribution in [2.75, 3.05) is 18.0 Å². The second-order valence-electron chi connectivity index (χ2n) is 8.38. The third kappa shape index (κ3) is 2.65. The molecule has 1 aliphatic heterocycles. The number of allylic oxidation sites excluding steroid dienone is 2. The molecule has 3 aliphatic rings. The lowest BCUT2D eigenvalue weighted by atomic mass is 9.85. The van der Waals surface area contributed by atoms with Gasteiger partial charge in [0, 0.05) is 36.8 Å². The van der Waals surface area contributed by atoms with E-state index in [-0.39, 0.29) is 28.5 Å². The Kier molecular flexibility index (Phi) is 4.02.